The Balaban J connectivity index is 2.05. The van der Waals surface area contributed by atoms with E-state index in [4.69, 9.17) is 4.74 Å². The number of hydrogen-bond donors (Lipinski definition) is 1. The number of hydrogen-bond acceptors (Lipinski definition) is 3. The molecule has 82 valence electrons. The minimum atomic E-state index is -0.104. The first kappa shape index (κ1) is 11.9. The summed E-state index contributed by atoms with van der Waals surface area (Å²) in [6.45, 7) is 7.01. The van der Waals surface area contributed by atoms with Crippen molar-refractivity contribution in [3.63, 3.8) is 0 Å². The molecular weight excluding hydrogens is 248 g/mol. The largest absolute Gasteiger partial charge is 0.379 e. The molecule has 1 atom stereocenters. The number of carbonyl (C=O) groups is 1. The molecule has 1 N–H and O–H groups in total. The van der Waals surface area contributed by atoms with Crippen LogP contribution < -0.4 is 5.32 Å². The average Bonchev–Trinajstić information content (AvgIpc) is 2.19. The topological polar surface area (TPSA) is 41.6 Å². The van der Waals surface area contributed by atoms with Gasteiger partial charge >= 0.3 is 0 Å². The van der Waals surface area contributed by atoms with E-state index in [2.05, 4.69) is 26.1 Å². The molecule has 0 aromatic rings. The zero-order valence-corrected chi connectivity index (χ0v) is 10.0. The Morgan fingerprint density at radius 1 is 1.57 bits per heavy atom. The van der Waals surface area contributed by atoms with Crippen molar-refractivity contribution in [1.82, 2.24) is 10.2 Å². The van der Waals surface area contributed by atoms with Crippen molar-refractivity contribution in [3.8, 4) is 0 Å². The number of rotatable bonds is 4. The second kappa shape index (κ2) is 6.37. The van der Waals surface area contributed by atoms with Gasteiger partial charge in [-0.15, -0.1) is 0 Å². The molecule has 1 saturated heterocycles. The number of carbonyl (C=O) groups excluding carboxylic acids is 1. The molecule has 0 aliphatic carbocycles. The van der Waals surface area contributed by atoms with Gasteiger partial charge in [0.2, 0.25) is 5.91 Å². The Bertz CT molecular complexity index is 182. The Kier molecular flexibility index (Phi) is 5.44. The van der Waals surface area contributed by atoms with Gasteiger partial charge in [0.25, 0.3) is 0 Å². The molecule has 0 spiro atoms. The standard InChI is InChI=1S/C9H17BrN2O2/c1-8(10)9(13)11-2-3-12-4-6-14-7-5-12/h8H,2-7H2,1H3,(H,11,13). The monoisotopic (exact) mass is 264 g/mol. The summed E-state index contributed by atoms with van der Waals surface area (Å²) in [7, 11) is 0. The Morgan fingerprint density at radius 3 is 2.79 bits per heavy atom. The SMILES string of the molecule is CC(Br)C(=O)NCCN1CCOCC1. The Hall–Kier alpha value is -0.130. The highest BCUT2D eigenvalue weighted by Crippen LogP contribution is 1.97. The van der Waals surface area contributed by atoms with Crippen LogP contribution in [0.2, 0.25) is 0 Å². The number of morpholine rings is 1. The molecule has 1 aliphatic heterocycles. The number of halogens is 1. The molecule has 14 heavy (non-hydrogen) atoms. The molecule has 0 radical (unpaired) electrons. The fourth-order valence-electron chi connectivity index (χ4n) is 1.30. The van der Waals surface area contributed by atoms with Crippen molar-refractivity contribution < 1.29 is 9.53 Å². The quantitative estimate of drug-likeness (QED) is 0.739. The van der Waals surface area contributed by atoms with E-state index in [9.17, 15) is 4.79 Å². The van der Waals surface area contributed by atoms with Gasteiger partial charge in [-0.25, -0.2) is 0 Å². The molecule has 1 aliphatic rings. The van der Waals surface area contributed by atoms with Crippen molar-refractivity contribution in [2.75, 3.05) is 39.4 Å². The summed E-state index contributed by atoms with van der Waals surface area (Å²) in [5.74, 6) is 0.0539. The van der Waals surface area contributed by atoms with Gasteiger partial charge < -0.3 is 10.1 Å². The Labute approximate surface area is 93.1 Å². The molecule has 1 heterocycles. The summed E-state index contributed by atoms with van der Waals surface area (Å²) in [4.78, 5) is 13.4. The van der Waals surface area contributed by atoms with Crippen LogP contribution in [0.4, 0.5) is 0 Å². The van der Waals surface area contributed by atoms with Crippen molar-refractivity contribution in [3.05, 3.63) is 0 Å². The first-order valence-electron chi connectivity index (χ1n) is 4.92. The maximum absolute atomic E-state index is 11.2. The molecule has 0 saturated carbocycles. The van der Waals surface area contributed by atoms with Crippen LogP contribution in [-0.2, 0) is 9.53 Å². The number of ether oxygens (including phenoxy) is 1. The number of amides is 1. The van der Waals surface area contributed by atoms with Gasteiger partial charge in [0.15, 0.2) is 0 Å². The van der Waals surface area contributed by atoms with E-state index in [0.29, 0.717) is 0 Å². The Morgan fingerprint density at radius 2 is 2.21 bits per heavy atom. The van der Waals surface area contributed by atoms with E-state index in [-0.39, 0.29) is 10.7 Å². The summed E-state index contributed by atoms with van der Waals surface area (Å²) >= 11 is 3.22. The smallest absolute Gasteiger partial charge is 0.233 e. The summed E-state index contributed by atoms with van der Waals surface area (Å²) in [5.41, 5.74) is 0. The van der Waals surface area contributed by atoms with Crippen molar-refractivity contribution in [2.24, 2.45) is 0 Å². The minimum absolute atomic E-state index is 0.0539. The molecule has 0 bridgehead atoms. The lowest BCUT2D eigenvalue weighted by Crippen LogP contribution is -2.42. The molecule has 0 aromatic carbocycles. The van der Waals surface area contributed by atoms with E-state index in [1.807, 2.05) is 6.92 Å². The molecule has 1 amide bonds. The summed E-state index contributed by atoms with van der Waals surface area (Å²) in [5, 5.41) is 2.86. The highest BCUT2D eigenvalue weighted by Gasteiger charge is 2.11. The lowest BCUT2D eigenvalue weighted by molar-refractivity contribution is -0.120. The number of nitrogens with zero attached hydrogens (tertiary/aromatic N) is 1. The first-order chi connectivity index (χ1) is 6.70. The van der Waals surface area contributed by atoms with Crippen LogP contribution in [0.15, 0.2) is 0 Å². The minimum Gasteiger partial charge on any atom is -0.379 e. The van der Waals surface area contributed by atoms with Gasteiger partial charge in [-0.2, -0.15) is 0 Å². The fourth-order valence-corrected chi connectivity index (χ4v) is 1.46. The molecule has 4 nitrogen and oxygen atoms in total. The van der Waals surface area contributed by atoms with Gasteiger partial charge in [-0.3, -0.25) is 9.69 Å². The third-order valence-electron chi connectivity index (χ3n) is 2.19. The van der Waals surface area contributed by atoms with Crippen LogP contribution in [0.25, 0.3) is 0 Å². The molecule has 1 rings (SSSR count). The van der Waals surface area contributed by atoms with Crippen LogP contribution in [0.1, 0.15) is 6.92 Å². The molecule has 1 fully saturated rings. The van der Waals surface area contributed by atoms with Gasteiger partial charge in [-0.05, 0) is 6.92 Å². The molecular formula is C9H17BrN2O2. The highest BCUT2D eigenvalue weighted by atomic mass is 79.9. The lowest BCUT2D eigenvalue weighted by Gasteiger charge is -2.26. The second-order valence-electron chi connectivity index (χ2n) is 3.36. The summed E-state index contributed by atoms with van der Waals surface area (Å²) < 4.78 is 5.23. The fraction of sp³-hybridized carbons (Fsp3) is 0.889. The maximum atomic E-state index is 11.2. The van der Waals surface area contributed by atoms with E-state index < -0.39 is 0 Å². The second-order valence-corrected chi connectivity index (χ2v) is 4.73. The van der Waals surface area contributed by atoms with Gasteiger partial charge in [0, 0.05) is 26.2 Å². The summed E-state index contributed by atoms with van der Waals surface area (Å²) in [6.07, 6.45) is 0. The predicted octanol–water partition coefficient (Wildman–Crippen LogP) is 0.218. The normalized spacial score (nSPS) is 20.4. The zero-order valence-electron chi connectivity index (χ0n) is 8.46. The van der Waals surface area contributed by atoms with Crippen molar-refractivity contribution in [1.29, 1.82) is 0 Å². The van der Waals surface area contributed by atoms with E-state index in [0.717, 1.165) is 39.4 Å². The third-order valence-corrected chi connectivity index (χ3v) is 2.61. The van der Waals surface area contributed by atoms with Crippen LogP contribution >= 0.6 is 15.9 Å². The lowest BCUT2D eigenvalue weighted by atomic mass is 10.4. The van der Waals surface area contributed by atoms with Gasteiger partial charge in [-0.1, -0.05) is 15.9 Å². The zero-order chi connectivity index (χ0) is 10.4. The van der Waals surface area contributed by atoms with Crippen LogP contribution in [-0.4, -0.2) is 55.0 Å². The highest BCUT2D eigenvalue weighted by molar-refractivity contribution is 9.10. The molecule has 0 aromatic heterocycles. The third kappa shape index (κ3) is 4.39. The predicted molar refractivity (Wildman–Crippen MR) is 58.7 cm³/mol. The number of nitrogens with one attached hydrogen (secondary N) is 1. The maximum Gasteiger partial charge on any atom is 0.233 e. The van der Waals surface area contributed by atoms with Crippen molar-refractivity contribution in [2.45, 2.75) is 11.8 Å². The van der Waals surface area contributed by atoms with Crippen LogP contribution in [0.3, 0.4) is 0 Å². The van der Waals surface area contributed by atoms with E-state index >= 15 is 0 Å². The number of alkyl halides is 1. The van der Waals surface area contributed by atoms with Crippen LogP contribution in [0, 0.1) is 0 Å². The van der Waals surface area contributed by atoms with Crippen molar-refractivity contribution >= 4 is 21.8 Å². The summed E-state index contributed by atoms with van der Waals surface area (Å²) in [6, 6.07) is 0. The van der Waals surface area contributed by atoms with E-state index in [1.54, 1.807) is 0 Å². The van der Waals surface area contributed by atoms with Crippen LogP contribution in [0.5, 0.6) is 0 Å². The molecule has 1 unspecified atom stereocenters. The van der Waals surface area contributed by atoms with E-state index in [1.165, 1.54) is 0 Å². The average molecular weight is 265 g/mol. The first-order valence-corrected chi connectivity index (χ1v) is 5.83. The molecule has 5 heteroatoms. The van der Waals surface area contributed by atoms with Gasteiger partial charge in [0.05, 0.1) is 18.0 Å². The van der Waals surface area contributed by atoms with Gasteiger partial charge in [0.1, 0.15) is 0 Å².